The molecule has 1 saturated heterocycles. The zero-order valence-electron chi connectivity index (χ0n) is 14.4. The minimum atomic E-state index is -0.448. The van der Waals surface area contributed by atoms with E-state index in [9.17, 15) is 14.9 Å². The number of carbonyl (C=O) groups is 1. The maximum Gasteiger partial charge on any atom is 0.269 e. The Balaban J connectivity index is 1.88. The van der Waals surface area contributed by atoms with Crippen LogP contribution in [0.25, 0.3) is 6.08 Å². The maximum absolute atomic E-state index is 12.5. The molecule has 0 saturated carbocycles. The zero-order chi connectivity index (χ0) is 18.7. The predicted molar refractivity (Wildman–Crippen MR) is 104 cm³/mol. The summed E-state index contributed by atoms with van der Waals surface area (Å²) >= 11 is 1.30. The molecule has 1 aliphatic rings. The van der Waals surface area contributed by atoms with Crippen molar-refractivity contribution in [3.05, 3.63) is 74.7 Å². The van der Waals surface area contributed by atoms with Gasteiger partial charge in [0.25, 0.3) is 11.6 Å². The molecule has 1 amide bonds. The molecule has 1 aliphatic heterocycles. The molecule has 1 fully saturated rings. The Hall–Kier alpha value is -2.93. The molecule has 132 valence electrons. The van der Waals surface area contributed by atoms with Crippen molar-refractivity contribution in [1.82, 2.24) is 4.90 Å². The third-order valence-corrected chi connectivity index (χ3v) is 5.05. The number of benzene rings is 2. The average Bonchev–Trinajstić information content (AvgIpc) is 2.90. The summed E-state index contributed by atoms with van der Waals surface area (Å²) in [4.78, 5) is 29.5. The van der Waals surface area contributed by atoms with Gasteiger partial charge in [0.15, 0.2) is 5.17 Å². The molecule has 26 heavy (non-hydrogen) atoms. The zero-order valence-corrected chi connectivity index (χ0v) is 15.2. The lowest BCUT2D eigenvalue weighted by Crippen LogP contribution is -2.23. The Bertz CT molecular complexity index is 920. The highest BCUT2D eigenvalue weighted by Crippen LogP contribution is 2.34. The maximum atomic E-state index is 12.5. The number of aryl methyl sites for hydroxylation is 1. The van der Waals surface area contributed by atoms with Crippen molar-refractivity contribution >= 4 is 40.3 Å². The summed E-state index contributed by atoms with van der Waals surface area (Å²) < 4.78 is 0. The van der Waals surface area contributed by atoms with Gasteiger partial charge in [-0.15, -0.1) is 0 Å². The number of para-hydroxylation sites is 1. The molecule has 0 bridgehead atoms. The second-order valence-electron chi connectivity index (χ2n) is 5.70. The van der Waals surface area contributed by atoms with Crippen molar-refractivity contribution in [3.8, 4) is 0 Å². The molecule has 3 rings (SSSR count). The summed E-state index contributed by atoms with van der Waals surface area (Å²) in [6, 6.07) is 13.9. The number of non-ortho nitro benzene ring substituents is 1. The Morgan fingerprint density at radius 1 is 1.19 bits per heavy atom. The summed E-state index contributed by atoms with van der Waals surface area (Å²) in [5.74, 6) is -0.138. The Morgan fingerprint density at radius 2 is 1.88 bits per heavy atom. The van der Waals surface area contributed by atoms with E-state index >= 15 is 0 Å². The van der Waals surface area contributed by atoms with E-state index in [-0.39, 0.29) is 11.6 Å². The van der Waals surface area contributed by atoms with E-state index in [4.69, 9.17) is 0 Å². The van der Waals surface area contributed by atoms with Crippen molar-refractivity contribution in [2.45, 2.75) is 13.3 Å². The first-order valence-electron chi connectivity index (χ1n) is 8.08. The van der Waals surface area contributed by atoms with Gasteiger partial charge in [0.1, 0.15) is 0 Å². The molecule has 0 unspecified atom stereocenters. The Labute approximate surface area is 155 Å². The number of nitrogens with zero attached hydrogens (tertiary/aromatic N) is 3. The van der Waals surface area contributed by atoms with E-state index in [1.54, 1.807) is 25.3 Å². The second-order valence-corrected chi connectivity index (χ2v) is 6.71. The quantitative estimate of drug-likeness (QED) is 0.456. The number of thioether (sulfide) groups is 1. The highest BCUT2D eigenvalue weighted by atomic mass is 32.2. The van der Waals surface area contributed by atoms with Gasteiger partial charge in [-0.3, -0.25) is 19.8 Å². The fourth-order valence-electron chi connectivity index (χ4n) is 2.52. The van der Waals surface area contributed by atoms with Crippen LogP contribution in [-0.4, -0.2) is 27.9 Å². The minimum absolute atomic E-state index is 0.0214. The van der Waals surface area contributed by atoms with Crippen molar-refractivity contribution in [3.63, 3.8) is 0 Å². The SMILES string of the molecule is CCc1ccccc1N=C1S/C(=C/c2ccc([N+](=O)[O-])cc2)C(=O)N1C. The van der Waals surface area contributed by atoms with E-state index in [0.717, 1.165) is 23.2 Å². The van der Waals surface area contributed by atoms with E-state index in [1.807, 2.05) is 24.3 Å². The van der Waals surface area contributed by atoms with Gasteiger partial charge >= 0.3 is 0 Å². The molecule has 1 heterocycles. The molecule has 6 nitrogen and oxygen atoms in total. The lowest BCUT2D eigenvalue weighted by atomic mass is 10.1. The van der Waals surface area contributed by atoms with Crippen LogP contribution >= 0.6 is 11.8 Å². The minimum Gasteiger partial charge on any atom is -0.290 e. The van der Waals surface area contributed by atoms with Crippen LogP contribution in [0, 0.1) is 10.1 Å². The third kappa shape index (κ3) is 3.67. The van der Waals surface area contributed by atoms with Crippen LogP contribution in [0.5, 0.6) is 0 Å². The van der Waals surface area contributed by atoms with Crippen molar-refractivity contribution in [1.29, 1.82) is 0 Å². The number of nitro benzene ring substituents is 1. The van der Waals surface area contributed by atoms with Gasteiger partial charge in [-0.05, 0) is 53.6 Å². The molecule has 0 aliphatic carbocycles. The van der Waals surface area contributed by atoms with E-state index in [2.05, 4.69) is 11.9 Å². The van der Waals surface area contributed by atoms with Crippen molar-refractivity contribution in [2.75, 3.05) is 7.05 Å². The molecule has 2 aromatic rings. The van der Waals surface area contributed by atoms with Crippen LogP contribution in [0.3, 0.4) is 0 Å². The molecule has 2 aromatic carbocycles. The van der Waals surface area contributed by atoms with Crippen LogP contribution < -0.4 is 0 Å². The third-order valence-electron chi connectivity index (χ3n) is 3.99. The number of hydrogen-bond acceptors (Lipinski definition) is 5. The smallest absolute Gasteiger partial charge is 0.269 e. The molecule has 0 atom stereocenters. The van der Waals surface area contributed by atoms with Crippen LogP contribution in [0.4, 0.5) is 11.4 Å². The highest BCUT2D eigenvalue weighted by Gasteiger charge is 2.30. The van der Waals surface area contributed by atoms with Gasteiger partial charge in [0, 0.05) is 19.2 Å². The first kappa shape index (κ1) is 17.9. The summed E-state index contributed by atoms with van der Waals surface area (Å²) in [6.07, 6.45) is 2.59. The van der Waals surface area contributed by atoms with E-state index < -0.39 is 4.92 Å². The normalized spacial score (nSPS) is 17.3. The fraction of sp³-hybridized carbons (Fsp3) is 0.158. The molecule has 0 spiro atoms. The number of carbonyl (C=O) groups excluding carboxylic acids is 1. The summed E-state index contributed by atoms with van der Waals surface area (Å²) in [5, 5.41) is 11.3. The van der Waals surface area contributed by atoms with Crippen molar-refractivity contribution in [2.24, 2.45) is 4.99 Å². The monoisotopic (exact) mass is 367 g/mol. The van der Waals surface area contributed by atoms with Gasteiger partial charge in [-0.2, -0.15) is 0 Å². The van der Waals surface area contributed by atoms with Gasteiger partial charge < -0.3 is 0 Å². The van der Waals surface area contributed by atoms with Crippen LogP contribution in [0.2, 0.25) is 0 Å². The number of likely N-dealkylation sites (N-methyl/N-ethyl adjacent to an activating group) is 1. The summed E-state index contributed by atoms with van der Waals surface area (Å²) in [5.41, 5.74) is 2.73. The summed E-state index contributed by atoms with van der Waals surface area (Å²) in [7, 11) is 1.69. The van der Waals surface area contributed by atoms with Crippen molar-refractivity contribution < 1.29 is 9.72 Å². The standard InChI is InChI=1S/C19H17N3O3S/c1-3-14-6-4-5-7-16(14)20-19-21(2)18(23)17(26-19)12-13-8-10-15(11-9-13)22(24)25/h4-12H,3H2,1-2H3/b17-12+,20-19?. The highest BCUT2D eigenvalue weighted by molar-refractivity contribution is 8.18. The molecule has 7 heteroatoms. The largest absolute Gasteiger partial charge is 0.290 e. The Kier molecular flexibility index (Phi) is 5.18. The van der Waals surface area contributed by atoms with Gasteiger partial charge in [-0.25, -0.2) is 4.99 Å². The van der Waals surface area contributed by atoms with Crippen LogP contribution in [0.15, 0.2) is 58.4 Å². The number of aliphatic imine (C=N–C) groups is 1. The molecular formula is C19H17N3O3S. The van der Waals surface area contributed by atoms with Gasteiger partial charge in [0.05, 0.1) is 15.5 Å². The average molecular weight is 367 g/mol. The first-order valence-corrected chi connectivity index (χ1v) is 8.90. The number of amidine groups is 1. The molecule has 0 aromatic heterocycles. The lowest BCUT2D eigenvalue weighted by molar-refractivity contribution is -0.384. The number of amides is 1. The van der Waals surface area contributed by atoms with Crippen LogP contribution in [-0.2, 0) is 11.2 Å². The van der Waals surface area contributed by atoms with Gasteiger partial charge in [-0.1, -0.05) is 25.1 Å². The molecular weight excluding hydrogens is 350 g/mol. The number of hydrogen-bond donors (Lipinski definition) is 0. The predicted octanol–water partition coefficient (Wildman–Crippen LogP) is 4.39. The van der Waals surface area contributed by atoms with E-state index in [0.29, 0.717) is 10.1 Å². The van der Waals surface area contributed by atoms with Crippen LogP contribution in [0.1, 0.15) is 18.1 Å². The second kappa shape index (κ2) is 7.53. The first-order chi connectivity index (χ1) is 12.5. The number of nitro groups is 1. The van der Waals surface area contributed by atoms with Gasteiger partial charge in [0.2, 0.25) is 0 Å². The Morgan fingerprint density at radius 3 is 2.54 bits per heavy atom. The van der Waals surface area contributed by atoms with E-state index in [1.165, 1.54) is 28.8 Å². The molecule has 0 radical (unpaired) electrons. The summed E-state index contributed by atoms with van der Waals surface area (Å²) in [6.45, 7) is 2.07. The molecule has 0 N–H and O–H groups in total. The lowest BCUT2D eigenvalue weighted by Gasteiger charge is -2.08. The number of rotatable bonds is 4. The topological polar surface area (TPSA) is 75.8 Å². The fourth-order valence-corrected chi connectivity index (χ4v) is 3.50.